The molecule has 13 heteroatoms. The Morgan fingerprint density at radius 1 is 1.18 bits per heavy atom. The zero-order valence-corrected chi connectivity index (χ0v) is 23.1. The third-order valence-corrected chi connectivity index (χ3v) is 5.76. The Kier molecular flexibility index (Phi) is 9.52. The molecule has 0 bridgehead atoms. The fraction of sp³-hybridized carbons (Fsp3) is 0.476. The van der Waals surface area contributed by atoms with Gasteiger partial charge in [0.15, 0.2) is 5.52 Å². The van der Waals surface area contributed by atoms with Crippen molar-refractivity contribution in [3.05, 3.63) is 63.8 Å². The molecule has 1 aromatic carbocycles. The highest BCUT2D eigenvalue weighted by Crippen LogP contribution is 2.59. The van der Waals surface area contributed by atoms with Crippen molar-refractivity contribution in [3.63, 3.8) is 0 Å². The maximum atomic E-state index is 13.0. The van der Waals surface area contributed by atoms with Gasteiger partial charge >= 0.3 is 0 Å². The Labute approximate surface area is 205 Å². The van der Waals surface area contributed by atoms with Crippen molar-refractivity contribution in [2.45, 2.75) is 38.0 Å². The standard InChI is InChI=1S/C21H24FN5O3.H6P4/c22-16-3-1-14(2-4-16)13-30-17-10-26(11-17)12-19-24-21(28)18-9-23-20(27(18)25-19)15-5-7-29-8-6-15;1-4(2)3/h1-4,9,15,17H,5-8,10-13H2,(H,24,25,28);1-3H2. The molecular weight excluding hydrogens is 513 g/mol. The number of benzene rings is 1. The smallest absolute Gasteiger partial charge is 0.276 e. The van der Waals surface area contributed by atoms with Crippen LogP contribution >= 0.6 is 33.8 Å². The van der Waals surface area contributed by atoms with Crippen LogP contribution in [0.2, 0.25) is 0 Å². The molecule has 184 valence electrons. The zero-order valence-electron chi connectivity index (χ0n) is 18.8. The number of H-pyrrole nitrogens is 1. The molecule has 3 atom stereocenters. The summed E-state index contributed by atoms with van der Waals surface area (Å²) in [6.07, 6.45) is 3.50. The van der Waals surface area contributed by atoms with E-state index in [9.17, 15) is 9.18 Å². The molecule has 34 heavy (non-hydrogen) atoms. The number of hydrogen-bond acceptors (Lipinski definition) is 6. The topological polar surface area (TPSA) is 84.8 Å². The Hall–Kier alpha value is -0.900. The molecule has 0 amide bonds. The van der Waals surface area contributed by atoms with Gasteiger partial charge in [0, 0.05) is 32.2 Å². The van der Waals surface area contributed by atoms with Crippen LogP contribution in [0.4, 0.5) is 4.39 Å². The SMILES string of the molecule is O=c1[nH]c(CN2CC(OCc3ccc(F)cc3)C2)nn2c(C3CCOCC3)ncc12.PP(P)P. The lowest BCUT2D eigenvalue weighted by atomic mass is 10.00. The van der Waals surface area contributed by atoms with E-state index in [2.05, 4.69) is 46.8 Å². The molecule has 0 saturated carbocycles. The number of fused-ring (bicyclic) bond motifs is 1. The van der Waals surface area contributed by atoms with Gasteiger partial charge in [-0.15, -0.1) is 26.8 Å². The molecule has 2 aromatic heterocycles. The third kappa shape index (κ3) is 7.08. The summed E-state index contributed by atoms with van der Waals surface area (Å²) in [6.45, 7) is 4.09. The molecule has 2 aliphatic rings. The lowest BCUT2D eigenvalue weighted by molar-refractivity contribution is -0.0668. The molecule has 3 aromatic rings. The first kappa shape index (κ1) is 26.2. The number of imidazole rings is 1. The van der Waals surface area contributed by atoms with Gasteiger partial charge in [0.1, 0.15) is 17.5 Å². The fourth-order valence-corrected chi connectivity index (χ4v) is 4.03. The minimum absolute atomic E-state index is 0.122. The average molecular weight is 543 g/mol. The first-order valence-electron chi connectivity index (χ1n) is 11.1. The van der Waals surface area contributed by atoms with Gasteiger partial charge in [-0.1, -0.05) is 12.1 Å². The van der Waals surface area contributed by atoms with E-state index in [0.717, 1.165) is 37.3 Å². The van der Waals surface area contributed by atoms with Crippen molar-refractivity contribution >= 4 is 39.3 Å². The van der Waals surface area contributed by atoms with Gasteiger partial charge < -0.3 is 14.5 Å². The van der Waals surface area contributed by atoms with Crippen molar-refractivity contribution in [3.8, 4) is 0 Å². The quantitative estimate of drug-likeness (QED) is 0.478. The normalized spacial score (nSPS) is 17.6. The summed E-state index contributed by atoms with van der Waals surface area (Å²) < 4.78 is 26.0. The number of ether oxygens (including phenoxy) is 2. The van der Waals surface area contributed by atoms with Gasteiger partial charge in [-0.05, 0) is 37.5 Å². The second kappa shape index (κ2) is 12.4. The zero-order chi connectivity index (χ0) is 24.1. The van der Waals surface area contributed by atoms with Crippen LogP contribution < -0.4 is 5.56 Å². The largest absolute Gasteiger partial charge is 0.381 e. The molecule has 1 N–H and O–H groups in total. The molecule has 0 radical (unpaired) electrons. The summed E-state index contributed by atoms with van der Waals surface area (Å²) in [4.78, 5) is 22.0. The maximum Gasteiger partial charge on any atom is 0.276 e. The predicted molar refractivity (Wildman–Crippen MR) is 143 cm³/mol. The van der Waals surface area contributed by atoms with Gasteiger partial charge in [0.2, 0.25) is 0 Å². The summed E-state index contributed by atoms with van der Waals surface area (Å²) in [7, 11) is 7.94. The third-order valence-electron chi connectivity index (χ3n) is 5.76. The van der Waals surface area contributed by atoms with E-state index in [-0.39, 0.29) is 30.4 Å². The molecule has 2 saturated heterocycles. The number of aromatic nitrogens is 4. The minimum Gasteiger partial charge on any atom is -0.381 e. The fourth-order valence-electron chi connectivity index (χ4n) is 4.03. The number of hydrogen-bond donors (Lipinski definition) is 1. The molecular formula is C21H30FN5O3P4. The van der Waals surface area contributed by atoms with E-state index in [0.29, 0.717) is 37.7 Å². The van der Waals surface area contributed by atoms with Gasteiger partial charge in [-0.25, -0.2) is 13.9 Å². The highest BCUT2D eigenvalue weighted by Gasteiger charge is 2.28. The monoisotopic (exact) mass is 543 g/mol. The van der Waals surface area contributed by atoms with Crippen LogP contribution in [0.25, 0.3) is 5.52 Å². The molecule has 8 nitrogen and oxygen atoms in total. The Morgan fingerprint density at radius 2 is 1.85 bits per heavy atom. The van der Waals surface area contributed by atoms with Crippen molar-refractivity contribution in [2.75, 3.05) is 26.3 Å². The Balaban J connectivity index is 0.000000636. The number of nitrogens with zero attached hydrogens (tertiary/aromatic N) is 4. The lowest BCUT2D eigenvalue weighted by Gasteiger charge is -2.38. The second-order valence-corrected chi connectivity index (χ2v) is 20.0. The summed E-state index contributed by atoms with van der Waals surface area (Å²) in [5.41, 5.74) is 1.26. The van der Waals surface area contributed by atoms with Crippen LogP contribution in [0.3, 0.4) is 0 Å². The van der Waals surface area contributed by atoms with Gasteiger partial charge in [-0.2, -0.15) is 5.10 Å². The van der Waals surface area contributed by atoms with Crippen LogP contribution in [-0.2, 0) is 22.6 Å². The summed E-state index contributed by atoms with van der Waals surface area (Å²) >= 11 is 0. The number of rotatable bonds is 6. The highest BCUT2D eigenvalue weighted by atomic mass is 32.7. The summed E-state index contributed by atoms with van der Waals surface area (Å²) in [6, 6.07) is 6.34. The van der Waals surface area contributed by atoms with Gasteiger partial charge in [-0.3, -0.25) is 9.69 Å². The Morgan fingerprint density at radius 3 is 2.53 bits per heavy atom. The lowest BCUT2D eigenvalue weighted by Crippen LogP contribution is -2.51. The molecule has 4 heterocycles. The van der Waals surface area contributed by atoms with Gasteiger partial charge in [0.25, 0.3) is 5.56 Å². The highest BCUT2D eigenvalue weighted by molar-refractivity contribution is 8.65. The molecule has 2 aliphatic heterocycles. The van der Waals surface area contributed by atoms with E-state index in [4.69, 9.17) is 9.47 Å². The second-order valence-electron chi connectivity index (χ2n) is 8.40. The van der Waals surface area contributed by atoms with Crippen LogP contribution in [0, 0.1) is 5.82 Å². The summed E-state index contributed by atoms with van der Waals surface area (Å²) in [5.74, 6) is 1.47. The predicted octanol–water partition coefficient (Wildman–Crippen LogP) is 3.69. The van der Waals surface area contributed by atoms with Crippen molar-refractivity contribution in [2.24, 2.45) is 0 Å². The molecule has 0 spiro atoms. The van der Waals surface area contributed by atoms with E-state index in [1.165, 1.54) is 12.1 Å². The van der Waals surface area contributed by atoms with E-state index in [1.54, 1.807) is 22.8 Å². The summed E-state index contributed by atoms with van der Waals surface area (Å²) in [5, 5.41) is 4.66. The molecule has 0 aliphatic carbocycles. The Bertz CT molecular complexity index is 1130. The van der Waals surface area contributed by atoms with Crippen LogP contribution in [0.15, 0.2) is 35.3 Å². The molecule has 2 fully saturated rings. The number of aromatic amines is 1. The van der Waals surface area contributed by atoms with Crippen molar-refractivity contribution in [1.29, 1.82) is 0 Å². The van der Waals surface area contributed by atoms with Gasteiger partial charge in [0.05, 0.1) is 25.5 Å². The molecule has 3 unspecified atom stereocenters. The number of likely N-dealkylation sites (tertiary alicyclic amines) is 1. The van der Waals surface area contributed by atoms with Crippen LogP contribution in [0.5, 0.6) is 0 Å². The minimum atomic E-state index is -0.245. The van der Waals surface area contributed by atoms with Crippen molar-refractivity contribution < 1.29 is 13.9 Å². The number of nitrogens with one attached hydrogen (secondary N) is 1. The molecule has 5 rings (SSSR count). The average Bonchev–Trinajstić information content (AvgIpc) is 3.21. The maximum absolute atomic E-state index is 13.0. The van der Waals surface area contributed by atoms with Crippen molar-refractivity contribution in [1.82, 2.24) is 24.5 Å². The first-order valence-corrected chi connectivity index (χ1v) is 17.3. The van der Waals surface area contributed by atoms with E-state index < -0.39 is 0 Å². The van der Waals surface area contributed by atoms with E-state index >= 15 is 0 Å². The van der Waals surface area contributed by atoms with Crippen LogP contribution in [-0.4, -0.2) is 56.9 Å². The van der Waals surface area contributed by atoms with Crippen LogP contribution in [0.1, 0.15) is 36.0 Å². The first-order chi connectivity index (χ1) is 16.4. The number of halogens is 1. The van der Waals surface area contributed by atoms with E-state index in [1.807, 2.05) is 0 Å².